The number of aromatic nitrogens is 7. The quantitative estimate of drug-likeness (QED) is 0.0911. The summed E-state index contributed by atoms with van der Waals surface area (Å²) in [6.07, 6.45) is -5.22. The van der Waals surface area contributed by atoms with Gasteiger partial charge in [-0.2, -0.15) is 22.7 Å². The molecule has 3 aliphatic carbocycles. The summed E-state index contributed by atoms with van der Waals surface area (Å²) in [6.45, 7) is 2.31. The van der Waals surface area contributed by atoms with Crippen LogP contribution >= 0.6 is 11.6 Å². The lowest BCUT2D eigenvalue weighted by molar-refractivity contribution is -0.501. The summed E-state index contributed by atoms with van der Waals surface area (Å²) in [5.41, 5.74) is -0.395. The van der Waals surface area contributed by atoms with Crippen molar-refractivity contribution in [1.82, 2.24) is 40.1 Å². The number of quaternary nitrogens is 1. The Kier molecular flexibility index (Phi) is 11.1. The molecule has 0 aliphatic heterocycles. The molecule has 344 valence electrons. The van der Waals surface area contributed by atoms with Gasteiger partial charge in [0.05, 0.1) is 32.3 Å². The average molecular weight is 953 g/mol. The van der Waals surface area contributed by atoms with Crippen LogP contribution in [0.4, 0.5) is 47.0 Å². The first-order valence-electron chi connectivity index (χ1n) is 20.5. The molecule has 1 amide bonds. The minimum absolute atomic E-state index is 0.00307. The fourth-order valence-electron chi connectivity index (χ4n) is 8.92. The monoisotopic (exact) mass is 952 g/mol. The van der Waals surface area contributed by atoms with Gasteiger partial charge in [-0.1, -0.05) is 28.8 Å². The zero-order chi connectivity index (χ0) is 46.5. The molecule has 3 atom stereocenters. The van der Waals surface area contributed by atoms with E-state index in [1.807, 2.05) is 0 Å². The summed E-state index contributed by atoms with van der Waals surface area (Å²) in [5.74, 6) is -9.21. The third kappa shape index (κ3) is 8.14. The maximum atomic E-state index is 15.5. The lowest BCUT2D eigenvalue weighted by Gasteiger charge is -2.26. The van der Waals surface area contributed by atoms with E-state index in [1.165, 1.54) is 16.1 Å². The molecule has 65 heavy (non-hydrogen) atoms. The highest BCUT2D eigenvalue weighted by Gasteiger charge is 2.67. The molecule has 2 aromatic carbocycles. The molecule has 13 nitrogen and oxygen atoms in total. The van der Waals surface area contributed by atoms with E-state index in [4.69, 9.17) is 21.0 Å². The number of alkyl halides is 6. The standard InChI is InChI=1S/C42H38ClF8N9O4S/c1-41(2,65(62,63)22-5-6-22)11-10-21-4-7-23(24-8-9-27(43)31-34(24)59(3)58-38(31)54-40-56-55-39(64-40)37(48)49)32(52-21)28(14-18-12-19(44)15-20(45)13-18)53-29(61)17-60-35-30(33(57-60)36(46)47)25-16-26(25)42(35,50)51/h4,7-9,12-13,15,22,25-26,28,36-37H,5-6,10-11,14,16-17H2,1-3H3,(H,53,61)(H,54,56,58)/p+1. The van der Waals surface area contributed by atoms with Crippen LogP contribution in [0.3, 0.4) is 0 Å². The van der Waals surface area contributed by atoms with Crippen LogP contribution in [0.5, 0.6) is 0 Å². The molecule has 4 aromatic heterocycles. The van der Waals surface area contributed by atoms with Gasteiger partial charge in [0.15, 0.2) is 9.84 Å². The first kappa shape index (κ1) is 44.7. The van der Waals surface area contributed by atoms with Crippen molar-refractivity contribution in [3.8, 4) is 11.1 Å². The van der Waals surface area contributed by atoms with Crippen LogP contribution in [0.25, 0.3) is 22.0 Å². The second kappa shape index (κ2) is 16.1. The third-order valence-electron chi connectivity index (χ3n) is 12.3. The largest absolute Gasteiger partial charge is 0.428 e. The van der Waals surface area contributed by atoms with Crippen molar-refractivity contribution in [1.29, 1.82) is 0 Å². The molecule has 3 unspecified atom stereocenters. The fourth-order valence-corrected chi connectivity index (χ4v) is 11.2. The van der Waals surface area contributed by atoms with Gasteiger partial charge in [-0.3, -0.25) is 19.1 Å². The summed E-state index contributed by atoms with van der Waals surface area (Å²) in [7, 11) is -1.96. The van der Waals surface area contributed by atoms with E-state index in [0.29, 0.717) is 51.3 Å². The number of hydrogen-bond acceptors (Lipinski definition) is 9. The Morgan fingerprint density at radius 3 is 2.37 bits per heavy atom. The second-order valence-corrected chi connectivity index (χ2v) is 20.5. The number of pyridine rings is 1. The van der Waals surface area contributed by atoms with Crippen molar-refractivity contribution in [2.45, 2.75) is 99.6 Å². The number of hydrogen-bond donors (Lipinski definition) is 2. The molecule has 9 rings (SSSR count). The van der Waals surface area contributed by atoms with E-state index in [9.17, 15) is 39.6 Å². The van der Waals surface area contributed by atoms with E-state index in [2.05, 4.69) is 25.7 Å². The first-order valence-corrected chi connectivity index (χ1v) is 22.4. The predicted octanol–water partition coefficient (Wildman–Crippen LogP) is 8.15. The highest BCUT2D eigenvalue weighted by molar-refractivity contribution is 7.93. The average Bonchev–Trinajstić information content (AvgIpc) is 4.11. The van der Waals surface area contributed by atoms with E-state index >= 15 is 8.78 Å². The van der Waals surface area contributed by atoms with Crippen molar-refractivity contribution in [3.63, 3.8) is 0 Å². The number of halogens is 9. The Labute approximate surface area is 369 Å². The van der Waals surface area contributed by atoms with Crippen molar-refractivity contribution in [3.05, 3.63) is 98.9 Å². The van der Waals surface area contributed by atoms with Crippen molar-refractivity contribution >= 4 is 50.1 Å². The highest BCUT2D eigenvalue weighted by Crippen LogP contribution is 2.68. The number of benzene rings is 2. The molecule has 23 heteroatoms. The van der Waals surface area contributed by atoms with Gasteiger partial charge in [0.25, 0.3) is 24.1 Å². The zero-order valence-corrected chi connectivity index (χ0v) is 36.2. The molecular formula is C42H39ClF8N9O4S+. The van der Waals surface area contributed by atoms with Gasteiger partial charge in [0.1, 0.15) is 35.0 Å². The topological polar surface area (TPSA) is 167 Å². The maximum absolute atomic E-state index is 15.5. The SMILES string of the molecule is Cn1nc([NH2+]c2nnc(C(F)F)o2)c2c(Cl)ccc(-c3ccc(CCC(C)(C)S(=O)(=O)C4CC4)nc3C(Cc3cc(F)cc(F)c3)NC(=O)Cn3nc(C(F)F)c4c3C(F)(F)C3CC43)c21. The summed E-state index contributed by atoms with van der Waals surface area (Å²) in [6, 6.07) is 7.47. The van der Waals surface area contributed by atoms with Gasteiger partial charge < -0.3 is 9.73 Å². The molecule has 4 heterocycles. The number of amides is 1. The smallest absolute Gasteiger partial charge is 0.373 e. The molecule has 3 N–H and O–H groups in total. The molecule has 2 saturated carbocycles. The Morgan fingerprint density at radius 2 is 1.71 bits per heavy atom. The van der Waals surface area contributed by atoms with Crippen LogP contribution in [-0.2, 0) is 47.0 Å². The number of aryl methyl sites for hydroxylation is 2. The minimum Gasteiger partial charge on any atom is -0.373 e. The third-order valence-corrected chi connectivity index (χ3v) is 15.8. The summed E-state index contributed by atoms with van der Waals surface area (Å²) in [4.78, 5) is 19.1. The van der Waals surface area contributed by atoms with Crippen LogP contribution in [0, 0.1) is 17.6 Å². The predicted molar refractivity (Wildman–Crippen MR) is 217 cm³/mol. The van der Waals surface area contributed by atoms with Crippen LogP contribution in [0.15, 0.2) is 46.9 Å². The lowest BCUT2D eigenvalue weighted by Crippen LogP contribution is -2.71. The van der Waals surface area contributed by atoms with Crippen LogP contribution in [-0.4, -0.2) is 59.1 Å². The van der Waals surface area contributed by atoms with Crippen molar-refractivity contribution in [2.24, 2.45) is 13.0 Å². The molecule has 6 aromatic rings. The summed E-state index contributed by atoms with van der Waals surface area (Å²) in [5, 5.41) is 19.3. The normalized spacial score (nSPS) is 18.4. The van der Waals surface area contributed by atoms with E-state index in [-0.39, 0.29) is 59.4 Å². The number of nitrogens with two attached hydrogens (primary N) is 1. The molecule has 3 aliphatic rings. The number of fused-ring (bicyclic) bond motifs is 4. The van der Waals surface area contributed by atoms with Gasteiger partial charge in [-0.05, 0) is 88.1 Å². The molecule has 0 radical (unpaired) electrons. The van der Waals surface area contributed by atoms with Gasteiger partial charge in [-0.25, -0.2) is 31.3 Å². The lowest BCUT2D eigenvalue weighted by atomic mass is 9.93. The minimum atomic E-state index is -3.53. The number of rotatable bonds is 16. The zero-order valence-electron chi connectivity index (χ0n) is 34.6. The first-order chi connectivity index (χ1) is 30.6. The molecule has 0 spiro atoms. The molecule has 0 saturated heterocycles. The van der Waals surface area contributed by atoms with Crippen LogP contribution < -0.4 is 10.6 Å². The van der Waals surface area contributed by atoms with Crippen molar-refractivity contribution in [2.75, 3.05) is 0 Å². The van der Waals surface area contributed by atoms with Gasteiger partial charge >= 0.3 is 12.4 Å². The fraction of sp³-hybridized carbons (Fsp3) is 0.429. The Hall–Kier alpha value is -5.48. The van der Waals surface area contributed by atoms with Gasteiger partial charge in [0.2, 0.25) is 5.91 Å². The molecular weight excluding hydrogens is 914 g/mol. The molecule has 2 fully saturated rings. The Bertz CT molecular complexity index is 2970. The van der Waals surface area contributed by atoms with Crippen LogP contribution in [0.2, 0.25) is 5.02 Å². The second-order valence-electron chi connectivity index (χ2n) is 17.3. The van der Waals surface area contributed by atoms with E-state index in [0.717, 1.165) is 12.1 Å². The van der Waals surface area contributed by atoms with Crippen LogP contribution in [0.1, 0.15) is 104 Å². The summed E-state index contributed by atoms with van der Waals surface area (Å²) < 4.78 is 148. The Morgan fingerprint density at radius 1 is 1.00 bits per heavy atom. The number of nitrogens with one attached hydrogen (secondary N) is 1. The number of nitrogens with zero attached hydrogens (tertiary/aromatic N) is 7. The number of carbonyl (C=O) groups is 1. The van der Waals surface area contributed by atoms with Gasteiger partial charge in [-0.15, -0.1) is 10.2 Å². The van der Waals surface area contributed by atoms with E-state index in [1.54, 1.807) is 39.1 Å². The number of sulfone groups is 1. The van der Waals surface area contributed by atoms with Gasteiger partial charge in [0, 0.05) is 41.4 Å². The van der Waals surface area contributed by atoms with E-state index < -0.39 is 97.9 Å². The Balaban J connectivity index is 1.16. The number of carbonyl (C=O) groups excluding carboxylic acids is 1. The molecule has 0 bridgehead atoms. The van der Waals surface area contributed by atoms with Crippen molar-refractivity contribution < 1.29 is 58.1 Å². The highest BCUT2D eigenvalue weighted by atomic mass is 35.5. The summed E-state index contributed by atoms with van der Waals surface area (Å²) >= 11 is 6.75. The maximum Gasteiger partial charge on any atom is 0.428 e.